The molecule has 0 fully saturated rings. The van der Waals surface area contributed by atoms with E-state index in [2.05, 4.69) is 4.98 Å². The van der Waals surface area contributed by atoms with Gasteiger partial charge in [-0.15, -0.1) is 0 Å². The molecular weight excluding hydrogens is 352 g/mol. The van der Waals surface area contributed by atoms with E-state index >= 15 is 0 Å². The fraction of sp³-hybridized carbons (Fsp3) is 0.316. The van der Waals surface area contributed by atoms with E-state index in [4.69, 9.17) is 15.2 Å². The molecule has 2 aromatic rings. The molecule has 0 aliphatic rings. The number of nitrogens with two attached hydrogens (primary N) is 1. The van der Waals surface area contributed by atoms with Gasteiger partial charge >= 0.3 is 11.9 Å². The van der Waals surface area contributed by atoms with Crippen LogP contribution in [0.5, 0.6) is 11.5 Å². The summed E-state index contributed by atoms with van der Waals surface area (Å²) in [5.41, 5.74) is 7.45. The smallest absolute Gasteiger partial charge is 0.340 e. The lowest BCUT2D eigenvalue weighted by Crippen LogP contribution is -2.36. The number of benzene rings is 1. The van der Waals surface area contributed by atoms with Crippen LogP contribution in [-0.4, -0.2) is 45.9 Å². The van der Waals surface area contributed by atoms with Crippen molar-refractivity contribution in [2.45, 2.75) is 32.4 Å². The molecule has 0 spiro atoms. The van der Waals surface area contributed by atoms with Crippen LogP contribution in [0.25, 0.3) is 0 Å². The Morgan fingerprint density at radius 1 is 1.22 bits per heavy atom. The van der Waals surface area contributed by atoms with Gasteiger partial charge in [0.25, 0.3) is 0 Å². The minimum absolute atomic E-state index is 0.121. The maximum absolute atomic E-state index is 12.1. The zero-order valence-electron chi connectivity index (χ0n) is 15.1. The molecule has 2 rings (SSSR count). The topological polar surface area (TPSA) is 132 Å². The van der Waals surface area contributed by atoms with Crippen LogP contribution in [0, 0.1) is 6.92 Å². The number of ether oxygens (including phenoxy) is 2. The molecule has 144 valence electrons. The van der Waals surface area contributed by atoms with E-state index in [-0.39, 0.29) is 24.5 Å². The monoisotopic (exact) mass is 374 g/mol. The van der Waals surface area contributed by atoms with Crippen molar-refractivity contribution in [1.82, 2.24) is 4.98 Å². The lowest BCUT2D eigenvalue weighted by molar-refractivity contribution is -0.148. The summed E-state index contributed by atoms with van der Waals surface area (Å²) in [5.74, 6) is -1.76. The molecule has 27 heavy (non-hydrogen) atoms. The molecule has 0 bridgehead atoms. The van der Waals surface area contributed by atoms with Gasteiger partial charge in [0.15, 0.2) is 11.5 Å². The average molecular weight is 374 g/mol. The van der Waals surface area contributed by atoms with Crippen LogP contribution in [-0.2, 0) is 20.7 Å². The number of aromatic nitrogens is 1. The maximum atomic E-state index is 12.1. The van der Waals surface area contributed by atoms with E-state index in [1.165, 1.54) is 18.3 Å². The fourth-order valence-corrected chi connectivity index (χ4v) is 2.30. The van der Waals surface area contributed by atoms with E-state index in [0.29, 0.717) is 11.1 Å². The van der Waals surface area contributed by atoms with E-state index in [1.807, 2.05) is 0 Å². The SMILES string of the molecule is Cc1ccncc1C(=O)O[C@H](C)COC(=O)[C@@H](N)Cc1ccc(O)c(O)c1. The Morgan fingerprint density at radius 2 is 1.96 bits per heavy atom. The van der Waals surface area contributed by atoms with Crippen LogP contribution in [0.15, 0.2) is 36.7 Å². The van der Waals surface area contributed by atoms with Crippen molar-refractivity contribution in [3.63, 3.8) is 0 Å². The van der Waals surface area contributed by atoms with Crippen LogP contribution in [0.3, 0.4) is 0 Å². The van der Waals surface area contributed by atoms with Crippen LogP contribution >= 0.6 is 0 Å². The van der Waals surface area contributed by atoms with Crippen molar-refractivity contribution in [2.75, 3.05) is 6.61 Å². The van der Waals surface area contributed by atoms with Crippen molar-refractivity contribution < 1.29 is 29.3 Å². The highest BCUT2D eigenvalue weighted by molar-refractivity contribution is 5.90. The number of phenolic OH excluding ortho intramolecular Hbond substituents is 2. The number of phenols is 2. The second-order valence-electron chi connectivity index (χ2n) is 6.17. The third-order valence-corrected chi connectivity index (χ3v) is 3.83. The summed E-state index contributed by atoms with van der Waals surface area (Å²) in [7, 11) is 0. The molecule has 1 aromatic heterocycles. The summed E-state index contributed by atoms with van der Waals surface area (Å²) in [6.07, 6.45) is 2.45. The number of aryl methyl sites for hydroxylation is 1. The first-order valence-electron chi connectivity index (χ1n) is 8.32. The first-order chi connectivity index (χ1) is 12.8. The summed E-state index contributed by atoms with van der Waals surface area (Å²) in [4.78, 5) is 28.0. The Bertz CT molecular complexity index is 824. The number of nitrogens with zero attached hydrogens (tertiary/aromatic N) is 1. The molecule has 8 nitrogen and oxygen atoms in total. The molecule has 4 N–H and O–H groups in total. The number of pyridine rings is 1. The molecule has 8 heteroatoms. The predicted molar refractivity (Wildman–Crippen MR) is 96.3 cm³/mol. The molecule has 1 heterocycles. The number of carbonyl (C=O) groups is 2. The highest BCUT2D eigenvalue weighted by atomic mass is 16.6. The highest BCUT2D eigenvalue weighted by Gasteiger charge is 2.20. The fourth-order valence-electron chi connectivity index (χ4n) is 2.30. The van der Waals surface area contributed by atoms with Crippen molar-refractivity contribution in [3.05, 3.63) is 53.3 Å². The van der Waals surface area contributed by atoms with E-state index in [0.717, 1.165) is 5.56 Å². The molecule has 0 amide bonds. The van der Waals surface area contributed by atoms with Crippen molar-refractivity contribution >= 4 is 11.9 Å². The molecule has 0 saturated carbocycles. The van der Waals surface area contributed by atoms with Gasteiger partial charge in [0, 0.05) is 12.4 Å². The maximum Gasteiger partial charge on any atom is 0.340 e. The lowest BCUT2D eigenvalue weighted by Gasteiger charge is -2.16. The molecule has 2 atom stereocenters. The molecule has 0 unspecified atom stereocenters. The van der Waals surface area contributed by atoms with E-state index in [9.17, 15) is 19.8 Å². The Balaban J connectivity index is 1.82. The summed E-state index contributed by atoms with van der Waals surface area (Å²) >= 11 is 0. The minimum Gasteiger partial charge on any atom is -0.504 e. The quantitative estimate of drug-likeness (QED) is 0.490. The van der Waals surface area contributed by atoms with Crippen molar-refractivity contribution in [2.24, 2.45) is 5.73 Å². The van der Waals surface area contributed by atoms with Gasteiger partial charge in [0.05, 0.1) is 5.56 Å². The summed E-state index contributed by atoms with van der Waals surface area (Å²) in [6.45, 7) is 3.22. The Hall–Kier alpha value is -3.13. The second kappa shape index (κ2) is 9.00. The Labute approximate surface area is 156 Å². The van der Waals surface area contributed by atoms with Crippen molar-refractivity contribution in [3.8, 4) is 11.5 Å². The molecular formula is C19H22N2O6. The molecule has 0 aliphatic heterocycles. The second-order valence-corrected chi connectivity index (χ2v) is 6.17. The van der Waals surface area contributed by atoms with Crippen LogP contribution in [0.4, 0.5) is 0 Å². The minimum atomic E-state index is -0.961. The van der Waals surface area contributed by atoms with Crippen LogP contribution in [0.2, 0.25) is 0 Å². The van der Waals surface area contributed by atoms with Gasteiger partial charge < -0.3 is 25.4 Å². The highest BCUT2D eigenvalue weighted by Crippen LogP contribution is 2.25. The normalized spacial score (nSPS) is 12.9. The average Bonchev–Trinajstić information content (AvgIpc) is 2.63. The predicted octanol–water partition coefficient (Wildman–Crippen LogP) is 1.46. The van der Waals surface area contributed by atoms with Gasteiger partial charge in [-0.05, 0) is 49.6 Å². The zero-order chi connectivity index (χ0) is 20.0. The standard InChI is InChI=1S/C19H22N2O6/c1-11-5-6-21-9-14(11)18(24)27-12(2)10-26-19(25)15(20)7-13-3-4-16(22)17(23)8-13/h3-6,8-9,12,15,22-23H,7,10,20H2,1-2H3/t12-,15+/m1/s1. The van der Waals surface area contributed by atoms with Gasteiger partial charge in [-0.25, -0.2) is 4.79 Å². The summed E-state index contributed by atoms with van der Waals surface area (Å²) in [5, 5.41) is 18.8. The van der Waals surface area contributed by atoms with E-state index in [1.54, 1.807) is 32.2 Å². The number of carbonyl (C=O) groups excluding carboxylic acids is 2. The number of rotatable bonds is 7. The number of hydrogen-bond donors (Lipinski definition) is 3. The summed E-state index contributed by atoms with van der Waals surface area (Å²) < 4.78 is 10.3. The number of hydrogen-bond acceptors (Lipinski definition) is 8. The van der Waals surface area contributed by atoms with Crippen molar-refractivity contribution in [1.29, 1.82) is 0 Å². The first-order valence-corrected chi connectivity index (χ1v) is 8.32. The largest absolute Gasteiger partial charge is 0.504 e. The lowest BCUT2D eigenvalue weighted by atomic mass is 10.1. The van der Waals surface area contributed by atoms with Gasteiger partial charge in [-0.3, -0.25) is 9.78 Å². The molecule has 1 aromatic carbocycles. The number of aromatic hydroxyl groups is 2. The Kier molecular flexibility index (Phi) is 6.73. The van der Waals surface area contributed by atoms with E-state index < -0.39 is 24.1 Å². The molecule has 0 radical (unpaired) electrons. The Morgan fingerprint density at radius 3 is 2.63 bits per heavy atom. The molecule has 0 saturated heterocycles. The summed E-state index contributed by atoms with van der Waals surface area (Å²) in [6, 6.07) is 4.91. The zero-order valence-corrected chi connectivity index (χ0v) is 15.1. The van der Waals surface area contributed by atoms with Gasteiger partial charge in [0.2, 0.25) is 0 Å². The van der Waals surface area contributed by atoms with Gasteiger partial charge in [0.1, 0.15) is 18.8 Å². The van der Waals surface area contributed by atoms with Crippen LogP contribution < -0.4 is 5.73 Å². The third-order valence-electron chi connectivity index (χ3n) is 3.83. The molecule has 0 aliphatic carbocycles. The van der Waals surface area contributed by atoms with Gasteiger partial charge in [-0.1, -0.05) is 6.07 Å². The number of esters is 2. The van der Waals surface area contributed by atoms with Gasteiger partial charge in [-0.2, -0.15) is 0 Å². The third kappa shape index (κ3) is 5.68. The first kappa shape index (κ1) is 20.2. The van der Waals surface area contributed by atoms with Crippen LogP contribution in [0.1, 0.15) is 28.4 Å².